The zero-order chi connectivity index (χ0) is 106. The molecular formula is C96H166N24O21. The van der Waals surface area contributed by atoms with Gasteiger partial charge in [0.05, 0.1) is 18.7 Å². The van der Waals surface area contributed by atoms with E-state index in [9.17, 15) is 101 Å². The number of aliphatic hydroxyl groups excluding tert-OH is 1. The quantitative estimate of drug-likeness (QED) is 0.0228. The Balaban J connectivity index is 2.51. The molecule has 0 aliphatic carbocycles. The highest BCUT2D eigenvalue weighted by atomic mass is 16.4. The van der Waals surface area contributed by atoms with Crippen molar-refractivity contribution < 1.29 is 101 Å². The summed E-state index contributed by atoms with van der Waals surface area (Å²) in [5.41, 5.74) is 40.9. The predicted octanol–water partition coefficient (Wildman–Crippen LogP) is -0.397. The van der Waals surface area contributed by atoms with E-state index in [-0.39, 0.29) is 101 Å². The third-order valence-electron chi connectivity index (χ3n) is 24.1. The van der Waals surface area contributed by atoms with Gasteiger partial charge in [0.15, 0.2) is 5.96 Å². The van der Waals surface area contributed by atoms with Gasteiger partial charge in [0.2, 0.25) is 106 Å². The molecule has 2 rings (SSSR count). The Morgan fingerprint density at radius 1 is 0.376 bits per heavy atom. The molecule has 45 nitrogen and oxygen atoms in total. The number of carboxylic acids is 1. The van der Waals surface area contributed by atoms with E-state index in [1.54, 1.807) is 99.7 Å². The highest BCUT2D eigenvalue weighted by Crippen LogP contribution is 2.23. The molecule has 0 aliphatic rings. The van der Waals surface area contributed by atoms with Crippen LogP contribution in [-0.2, 0) is 97.5 Å². The molecule has 0 saturated heterocycles. The molecule has 0 aliphatic heterocycles. The molecule has 1 aromatic heterocycles. The summed E-state index contributed by atoms with van der Waals surface area (Å²) in [6, 6.07) is -14.9. The Labute approximate surface area is 828 Å². The normalized spacial score (nSPS) is 15.2. The van der Waals surface area contributed by atoms with Crippen molar-refractivity contribution >= 4 is 129 Å². The molecule has 1 unspecified atom stereocenters. The number of fused-ring (bicyclic) bond motifs is 1. The van der Waals surface area contributed by atoms with Crippen LogP contribution in [0.15, 0.2) is 35.5 Å². The number of para-hydroxylation sites is 1. The summed E-state index contributed by atoms with van der Waals surface area (Å²) < 4.78 is 0. The first kappa shape index (κ1) is 125. The van der Waals surface area contributed by atoms with E-state index in [4.69, 9.17) is 40.1 Å². The first-order valence-corrected chi connectivity index (χ1v) is 49.7. The average Bonchev–Trinajstić information content (AvgIpc) is 1.69. The van der Waals surface area contributed by atoms with E-state index in [0.717, 1.165) is 25.7 Å². The number of aliphatic carboxylic acids is 1. The second-order valence-electron chi connectivity index (χ2n) is 38.4. The number of carbonyl (C=O) groups is 19. The molecule has 0 bridgehead atoms. The fourth-order valence-corrected chi connectivity index (χ4v) is 15.5. The maximum absolute atomic E-state index is 14.8. The number of aromatic amines is 1. The maximum atomic E-state index is 14.8. The van der Waals surface area contributed by atoms with Crippen molar-refractivity contribution in [2.45, 2.75) is 380 Å². The number of aromatic nitrogens is 1. The summed E-state index contributed by atoms with van der Waals surface area (Å²) in [6.45, 7) is 24.2. The number of carboxylic acid groups (broad SMARTS) is 1. The molecule has 1 aromatic carbocycles. The topological polar surface area (TPSA) is 756 Å². The van der Waals surface area contributed by atoms with Gasteiger partial charge in [-0.1, -0.05) is 185 Å². The molecule has 796 valence electrons. The second-order valence-corrected chi connectivity index (χ2v) is 38.4. The van der Waals surface area contributed by atoms with Gasteiger partial charge >= 0.3 is 5.97 Å². The van der Waals surface area contributed by atoms with Crippen molar-refractivity contribution in [3.8, 4) is 0 Å². The molecule has 0 fully saturated rings. The zero-order valence-corrected chi connectivity index (χ0v) is 85.1. The number of rotatable bonds is 73. The smallest absolute Gasteiger partial charge is 0.326 e. The molecule has 0 spiro atoms. The monoisotopic (exact) mass is 1990 g/mol. The van der Waals surface area contributed by atoms with Gasteiger partial charge in [0, 0.05) is 49.3 Å². The number of H-pyrrole nitrogens is 1. The van der Waals surface area contributed by atoms with Crippen LogP contribution < -0.4 is 120 Å². The number of primary amides is 3. The van der Waals surface area contributed by atoms with Crippen LogP contribution in [0.1, 0.15) is 283 Å². The van der Waals surface area contributed by atoms with Crippen LogP contribution in [0.25, 0.3) is 10.9 Å². The lowest BCUT2D eigenvalue weighted by atomic mass is 9.97. The van der Waals surface area contributed by atoms with Gasteiger partial charge in [-0.15, -0.1) is 0 Å². The Morgan fingerprint density at radius 2 is 0.745 bits per heavy atom. The number of benzene rings is 1. The number of carbonyl (C=O) groups excluding carboxylic acids is 18. The summed E-state index contributed by atoms with van der Waals surface area (Å²) >= 11 is 0. The van der Waals surface area contributed by atoms with Crippen LogP contribution in [0.2, 0.25) is 0 Å². The third-order valence-corrected chi connectivity index (χ3v) is 24.1. The number of nitrogens with one attached hydrogen (secondary N) is 16. The van der Waals surface area contributed by atoms with E-state index < -0.39 is 265 Å². The summed E-state index contributed by atoms with van der Waals surface area (Å²) in [7, 11) is 0. The van der Waals surface area contributed by atoms with Crippen molar-refractivity contribution in [2.75, 3.05) is 19.6 Å². The number of nitrogens with zero attached hydrogens (tertiary/aromatic N) is 1. The maximum Gasteiger partial charge on any atom is 0.326 e. The predicted molar refractivity (Wildman–Crippen MR) is 532 cm³/mol. The van der Waals surface area contributed by atoms with Crippen LogP contribution in [0, 0.1) is 35.5 Å². The zero-order valence-electron chi connectivity index (χ0n) is 85.1. The molecule has 0 radical (unpaired) electrons. The first-order chi connectivity index (χ1) is 66.4. The second kappa shape index (κ2) is 66.5. The summed E-state index contributed by atoms with van der Waals surface area (Å²) in [6.07, 6.45) is 9.21. The van der Waals surface area contributed by atoms with Crippen molar-refractivity contribution in [1.29, 1.82) is 0 Å². The number of hydrogen-bond acceptors (Lipinski definition) is 23. The Kier molecular flexibility index (Phi) is 58.9. The van der Waals surface area contributed by atoms with Crippen LogP contribution in [-0.4, -0.2) is 250 Å². The van der Waals surface area contributed by atoms with Gasteiger partial charge in [-0.05, 0) is 145 Å². The lowest BCUT2D eigenvalue weighted by Crippen LogP contribution is -2.62. The standard InChI is InChI=1S/C96H166N24O21/c1-16-19-20-21-22-23-24-25-26-27-34-62(98)82(127)113-69(46-52(4)5)89(134)111-68(40-43-75(101)124)87(132)115-71(48-54(8)9)91(136)120-80(59(15)121)94(139)118-77(55(10)11)92(137)116-72(49-60-50-105-63-35-29-28-33-61(60)63)83(128)106-51-76(125)117-78(56(12)17-2)93(138)112-64(36-30-31-44-97)85(130)109-67(39-42-74(100)123)86(131)114-70(47-53(6)7)90(135)110-66(38-41-73(99)122)84(129)107-58(14)81(126)108-65(37-32-45-104-96(102)103)88(133)119-79(95(140)141)57(13)18-3/h28-29,33,35,50,52-59,62,64-72,77-80,105,121H,16-27,30-32,34,36-49,51,97-98H2,1-15H3,(H2,99,122)(H2,100,123)(H2,101,124)(H,106,128)(H,107,129)(H,108,126)(H,109,130)(H,110,135)(H,111,134)(H,112,138)(H,113,127)(H,114,131)(H,115,132)(H,116,137)(H,117,125)(H,118,139)(H,119,133)(H,120,136)(H,140,141)(H4,102,103,104)/t56-,57-,58-,59+,62?,64-,65-,66-,67-,68-,69-,70-,71-,72-,77-,78-,79-,80-/m0/s1. The molecular weight excluding hydrogens is 1830 g/mol. The van der Waals surface area contributed by atoms with Crippen molar-refractivity contribution in [1.82, 2.24) is 84.7 Å². The molecule has 45 heteroatoms. The largest absolute Gasteiger partial charge is 0.480 e. The minimum atomic E-state index is -1.82. The Hall–Kier alpha value is -12.2. The Morgan fingerprint density at radius 3 is 1.19 bits per heavy atom. The molecule has 141 heavy (non-hydrogen) atoms. The molecule has 2 aromatic rings. The fraction of sp³-hybridized carbons (Fsp3) is 0.708. The van der Waals surface area contributed by atoms with Crippen molar-refractivity contribution in [3.05, 3.63) is 36.0 Å². The third kappa shape index (κ3) is 48.7. The van der Waals surface area contributed by atoms with Crippen LogP contribution in [0.5, 0.6) is 0 Å². The average molecular weight is 1990 g/mol. The summed E-state index contributed by atoms with van der Waals surface area (Å²) in [5, 5.41) is 60.5. The Bertz CT molecular complexity index is 4410. The van der Waals surface area contributed by atoms with E-state index in [1.165, 1.54) is 46.0 Å². The number of nitrogens with two attached hydrogens (primary N) is 7. The van der Waals surface area contributed by atoms with Crippen molar-refractivity contribution in [2.24, 2.45) is 80.6 Å². The van der Waals surface area contributed by atoms with Crippen LogP contribution in [0.3, 0.4) is 0 Å². The minimum Gasteiger partial charge on any atom is -0.480 e. The molecule has 0 saturated carbocycles. The van der Waals surface area contributed by atoms with Gasteiger partial charge in [-0.2, -0.15) is 0 Å². The van der Waals surface area contributed by atoms with Gasteiger partial charge in [0.1, 0.15) is 84.6 Å². The molecule has 32 N–H and O–H groups in total. The molecule has 18 atom stereocenters. The minimum absolute atomic E-state index is 0.0197. The highest BCUT2D eigenvalue weighted by molar-refractivity contribution is 6.01. The van der Waals surface area contributed by atoms with E-state index in [2.05, 4.69) is 96.7 Å². The number of aliphatic hydroxyl groups is 1. The lowest BCUT2D eigenvalue weighted by molar-refractivity contribution is -0.144. The number of aliphatic imine (C=N–C) groups is 1. The SMILES string of the molecule is CCCCCCCCCCCCC(N)C(=O)N[C@@H](CC(C)C)C(=O)N[C@@H](CCC(N)=O)C(=O)N[C@@H](CC(C)C)C(=O)N[C@H](C(=O)N[C@H](C(=O)N[C@@H](Cc1c[nH]c2ccccc12)C(=O)NCC(=O)N[C@H](C(=O)N[C@@H](CCCCN)C(=O)N[C@@H](CCC(N)=O)C(=O)N[C@@H](CC(C)C)C(=O)N[C@@H](CCC(N)=O)C(=O)N[C@@H](C)C(=O)N[C@@H](CCCN=C(N)N)C(=O)N[C@H](C(=O)O)[C@@H](C)CC)[C@@H](C)CC)C(C)C)[C@@H](C)O. The van der Waals surface area contributed by atoms with Gasteiger partial charge in [-0.3, -0.25) is 91.3 Å². The highest BCUT2D eigenvalue weighted by Gasteiger charge is 2.41. The number of hydrogen-bond donors (Lipinski definition) is 25. The summed E-state index contributed by atoms with van der Waals surface area (Å²) in [5.74, 6) is -21.0. The fourth-order valence-electron chi connectivity index (χ4n) is 15.5. The van der Waals surface area contributed by atoms with Crippen molar-refractivity contribution in [3.63, 3.8) is 0 Å². The van der Waals surface area contributed by atoms with Gasteiger partial charge in [0.25, 0.3) is 0 Å². The van der Waals surface area contributed by atoms with E-state index >= 15 is 0 Å². The number of amides is 18. The lowest BCUT2D eigenvalue weighted by Gasteiger charge is -2.30. The molecule has 1 heterocycles. The van der Waals surface area contributed by atoms with E-state index in [1.807, 2.05) is 13.8 Å². The van der Waals surface area contributed by atoms with Crippen LogP contribution >= 0.6 is 0 Å². The molecule has 18 amide bonds. The summed E-state index contributed by atoms with van der Waals surface area (Å²) in [4.78, 5) is 271. The first-order valence-electron chi connectivity index (χ1n) is 49.7. The van der Waals surface area contributed by atoms with Gasteiger partial charge in [-0.25, -0.2) is 4.79 Å². The van der Waals surface area contributed by atoms with Gasteiger partial charge < -0.3 is 135 Å². The number of unbranched alkanes of at least 4 members (excludes halogenated alkanes) is 10. The number of guanidine groups is 1. The van der Waals surface area contributed by atoms with E-state index in [0.29, 0.717) is 42.1 Å². The van der Waals surface area contributed by atoms with Crippen LogP contribution in [0.4, 0.5) is 0 Å².